The topological polar surface area (TPSA) is 135 Å². The summed E-state index contributed by atoms with van der Waals surface area (Å²) in [6, 6.07) is 8.27. The lowest BCUT2D eigenvalue weighted by atomic mass is 10.1. The minimum Gasteiger partial charge on any atom is -0.352 e. The molecule has 2 aromatic rings. The first kappa shape index (κ1) is 14.5. The van der Waals surface area contributed by atoms with E-state index in [0.29, 0.717) is 11.2 Å². The molecule has 0 fully saturated rings. The Balaban J connectivity index is 2.14. The predicted molar refractivity (Wildman–Crippen MR) is 79.5 cm³/mol. The van der Waals surface area contributed by atoms with Crippen molar-refractivity contribution in [2.24, 2.45) is 11.6 Å². The Morgan fingerprint density at radius 2 is 1.86 bits per heavy atom. The lowest BCUT2D eigenvalue weighted by molar-refractivity contribution is 0.0949. The standard InChI is InChI=1S/C13H16N6O2/c14-13(21)17-6-5-16-12(20)11-7-10(19-15)8-3-1-2-4-9(8)18-11/h1-4,7H,5-6,15H2,(H,16,20)(H,18,19)(H3,14,17,21). The van der Waals surface area contributed by atoms with Crippen LogP contribution in [-0.4, -0.2) is 30.0 Å². The number of anilines is 1. The van der Waals surface area contributed by atoms with Crippen LogP contribution in [0.3, 0.4) is 0 Å². The zero-order valence-corrected chi connectivity index (χ0v) is 11.2. The van der Waals surface area contributed by atoms with Crippen molar-refractivity contribution in [2.75, 3.05) is 18.5 Å². The van der Waals surface area contributed by atoms with Crippen LogP contribution < -0.4 is 27.6 Å². The Kier molecular flexibility index (Phi) is 4.52. The summed E-state index contributed by atoms with van der Waals surface area (Å²) >= 11 is 0. The van der Waals surface area contributed by atoms with Gasteiger partial charge in [0.05, 0.1) is 11.2 Å². The summed E-state index contributed by atoms with van der Waals surface area (Å²) in [5.74, 6) is 5.11. The summed E-state index contributed by atoms with van der Waals surface area (Å²) in [7, 11) is 0. The number of nitrogen functional groups attached to an aromatic ring is 1. The second-order valence-corrected chi connectivity index (χ2v) is 4.26. The molecule has 0 saturated carbocycles. The van der Waals surface area contributed by atoms with E-state index in [1.54, 1.807) is 12.1 Å². The number of nitrogens with one attached hydrogen (secondary N) is 3. The van der Waals surface area contributed by atoms with Crippen LogP contribution in [0.5, 0.6) is 0 Å². The van der Waals surface area contributed by atoms with Gasteiger partial charge in [0, 0.05) is 18.5 Å². The number of aromatic nitrogens is 1. The Labute approximate surface area is 120 Å². The van der Waals surface area contributed by atoms with Crippen LogP contribution in [-0.2, 0) is 0 Å². The molecule has 0 unspecified atom stereocenters. The van der Waals surface area contributed by atoms with Crippen molar-refractivity contribution < 1.29 is 9.59 Å². The first-order valence-electron chi connectivity index (χ1n) is 6.29. The molecule has 110 valence electrons. The number of fused-ring (bicyclic) bond motifs is 1. The predicted octanol–water partition coefficient (Wildman–Crippen LogP) is -0.0815. The van der Waals surface area contributed by atoms with Crippen LogP contribution in [0.25, 0.3) is 10.9 Å². The Morgan fingerprint density at radius 3 is 2.57 bits per heavy atom. The van der Waals surface area contributed by atoms with E-state index < -0.39 is 6.03 Å². The highest BCUT2D eigenvalue weighted by Gasteiger charge is 2.11. The van der Waals surface area contributed by atoms with Crippen LogP contribution in [0.4, 0.5) is 10.5 Å². The van der Waals surface area contributed by atoms with Crippen molar-refractivity contribution in [3.63, 3.8) is 0 Å². The monoisotopic (exact) mass is 288 g/mol. The lowest BCUT2D eigenvalue weighted by Crippen LogP contribution is -2.37. The van der Waals surface area contributed by atoms with E-state index in [4.69, 9.17) is 11.6 Å². The van der Waals surface area contributed by atoms with Gasteiger partial charge in [-0.15, -0.1) is 0 Å². The molecule has 0 aliphatic rings. The third-order valence-corrected chi connectivity index (χ3v) is 2.81. The largest absolute Gasteiger partial charge is 0.352 e. The van der Waals surface area contributed by atoms with Crippen molar-refractivity contribution in [1.82, 2.24) is 15.6 Å². The molecule has 1 heterocycles. The van der Waals surface area contributed by atoms with Gasteiger partial charge in [-0.3, -0.25) is 10.6 Å². The highest BCUT2D eigenvalue weighted by molar-refractivity contribution is 5.99. The number of benzene rings is 1. The highest BCUT2D eigenvalue weighted by atomic mass is 16.2. The summed E-state index contributed by atoms with van der Waals surface area (Å²) in [6.45, 7) is 0.498. The zero-order valence-electron chi connectivity index (χ0n) is 11.2. The van der Waals surface area contributed by atoms with Gasteiger partial charge in [-0.2, -0.15) is 0 Å². The molecule has 0 spiro atoms. The SMILES string of the molecule is NNc1cc(C(=O)NCCNC(N)=O)nc2ccccc12. The second-order valence-electron chi connectivity index (χ2n) is 4.26. The molecule has 0 radical (unpaired) electrons. The second kappa shape index (κ2) is 6.53. The van der Waals surface area contributed by atoms with E-state index >= 15 is 0 Å². The summed E-state index contributed by atoms with van der Waals surface area (Å²) in [5, 5.41) is 5.83. The molecular weight excluding hydrogens is 272 g/mol. The third-order valence-electron chi connectivity index (χ3n) is 2.81. The van der Waals surface area contributed by atoms with E-state index in [2.05, 4.69) is 21.0 Å². The maximum absolute atomic E-state index is 12.0. The number of primary amides is 1. The number of para-hydroxylation sites is 1. The molecular formula is C13H16N6O2. The van der Waals surface area contributed by atoms with Crippen LogP contribution in [0, 0.1) is 0 Å². The normalized spacial score (nSPS) is 10.1. The number of pyridine rings is 1. The molecule has 8 heteroatoms. The molecule has 0 aliphatic heterocycles. The Hall–Kier alpha value is -2.87. The fraction of sp³-hybridized carbons (Fsp3) is 0.154. The van der Waals surface area contributed by atoms with E-state index in [-0.39, 0.29) is 24.7 Å². The molecule has 1 aromatic carbocycles. The number of hydrogen-bond donors (Lipinski definition) is 5. The zero-order chi connectivity index (χ0) is 15.2. The van der Waals surface area contributed by atoms with Crippen molar-refractivity contribution in [3.8, 4) is 0 Å². The third kappa shape index (κ3) is 3.57. The van der Waals surface area contributed by atoms with Crippen LogP contribution in [0.1, 0.15) is 10.5 Å². The van der Waals surface area contributed by atoms with Crippen LogP contribution >= 0.6 is 0 Å². The molecule has 21 heavy (non-hydrogen) atoms. The lowest BCUT2D eigenvalue weighted by Gasteiger charge is -2.09. The number of hydrazine groups is 1. The van der Waals surface area contributed by atoms with E-state index in [9.17, 15) is 9.59 Å². The van der Waals surface area contributed by atoms with E-state index in [0.717, 1.165) is 5.39 Å². The van der Waals surface area contributed by atoms with Gasteiger partial charge < -0.3 is 21.8 Å². The molecule has 7 N–H and O–H groups in total. The van der Waals surface area contributed by atoms with Gasteiger partial charge in [0.25, 0.3) is 5.91 Å². The van der Waals surface area contributed by atoms with Gasteiger partial charge in [-0.05, 0) is 12.1 Å². The fourth-order valence-corrected chi connectivity index (χ4v) is 1.86. The minimum absolute atomic E-state index is 0.237. The number of urea groups is 1. The first-order valence-corrected chi connectivity index (χ1v) is 6.29. The van der Waals surface area contributed by atoms with Gasteiger partial charge in [0.1, 0.15) is 5.69 Å². The number of carbonyl (C=O) groups excluding carboxylic acids is 2. The number of nitrogens with two attached hydrogens (primary N) is 2. The molecule has 1 aromatic heterocycles. The van der Waals surface area contributed by atoms with Crippen LogP contribution in [0.15, 0.2) is 30.3 Å². The number of amides is 3. The number of carbonyl (C=O) groups is 2. The van der Waals surface area contributed by atoms with Gasteiger partial charge in [-0.1, -0.05) is 18.2 Å². The maximum Gasteiger partial charge on any atom is 0.312 e. The van der Waals surface area contributed by atoms with Crippen molar-refractivity contribution in [1.29, 1.82) is 0 Å². The summed E-state index contributed by atoms with van der Waals surface area (Å²) in [6.07, 6.45) is 0. The average Bonchev–Trinajstić information content (AvgIpc) is 2.50. The maximum atomic E-state index is 12.0. The summed E-state index contributed by atoms with van der Waals surface area (Å²) < 4.78 is 0. The van der Waals surface area contributed by atoms with Crippen molar-refractivity contribution in [2.45, 2.75) is 0 Å². The van der Waals surface area contributed by atoms with E-state index in [1.165, 1.54) is 0 Å². The molecule has 0 atom stereocenters. The van der Waals surface area contributed by atoms with E-state index in [1.807, 2.05) is 18.2 Å². The summed E-state index contributed by atoms with van der Waals surface area (Å²) in [4.78, 5) is 26.8. The smallest absolute Gasteiger partial charge is 0.312 e. The quantitative estimate of drug-likeness (QED) is 0.298. The van der Waals surface area contributed by atoms with Crippen molar-refractivity contribution in [3.05, 3.63) is 36.0 Å². The molecule has 0 aliphatic carbocycles. The average molecular weight is 288 g/mol. The first-order chi connectivity index (χ1) is 10.1. The Bertz CT molecular complexity index is 673. The van der Waals surface area contributed by atoms with Crippen molar-refractivity contribution >= 4 is 28.5 Å². The minimum atomic E-state index is -0.636. The number of nitrogens with zero attached hydrogens (tertiary/aromatic N) is 1. The van der Waals surface area contributed by atoms with Crippen LogP contribution in [0.2, 0.25) is 0 Å². The Morgan fingerprint density at radius 1 is 1.14 bits per heavy atom. The fourth-order valence-electron chi connectivity index (χ4n) is 1.86. The van der Waals surface area contributed by atoms with Gasteiger partial charge in [0.2, 0.25) is 0 Å². The summed E-state index contributed by atoms with van der Waals surface area (Å²) in [5.41, 5.74) is 8.99. The molecule has 2 rings (SSSR count). The number of hydrogen-bond acceptors (Lipinski definition) is 5. The molecule has 3 amide bonds. The highest BCUT2D eigenvalue weighted by Crippen LogP contribution is 2.22. The molecule has 0 bridgehead atoms. The van der Waals surface area contributed by atoms with Gasteiger partial charge in [0.15, 0.2) is 0 Å². The van der Waals surface area contributed by atoms with Gasteiger partial charge in [-0.25, -0.2) is 9.78 Å². The van der Waals surface area contributed by atoms with Gasteiger partial charge >= 0.3 is 6.03 Å². The number of rotatable bonds is 5. The molecule has 8 nitrogen and oxygen atoms in total. The molecule has 0 saturated heterocycles.